The molecule has 0 saturated heterocycles. The van der Waals surface area contributed by atoms with Gasteiger partial charge in [-0.05, 0) is 31.0 Å². The van der Waals surface area contributed by atoms with E-state index < -0.39 is 5.97 Å². The van der Waals surface area contributed by atoms with Gasteiger partial charge in [-0.2, -0.15) is 0 Å². The lowest BCUT2D eigenvalue weighted by atomic mass is 10.1. The first-order chi connectivity index (χ1) is 8.46. The number of nitrogens with one attached hydrogen (secondary N) is 1. The fourth-order valence-corrected chi connectivity index (χ4v) is 1.76. The van der Waals surface area contributed by atoms with E-state index in [1.165, 1.54) is 13.2 Å². The van der Waals surface area contributed by atoms with Gasteiger partial charge in [0.1, 0.15) is 0 Å². The van der Waals surface area contributed by atoms with Gasteiger partial charge < -0.3 is 10.1 Å². The second-order valence-corrected chi connectivity index (χ2v) is 5.13. The molecule has 0 atom stereocenters. The Balaban J connectivity index is 2.26. The van der Waals surface area contributed by atoms with E-state index in [0.29, 0.717) is 10.7 Å². The maximum absolute atomic E-state index is 11.9. The zero-order valence-electron chi connectivity index (χ0n) is 10.2. The first-order valence-corrected chi connectivity index (χ1v) is 6.03. The number of amides is 1. The lowest BCUT2D eigenvalue weighted by Crippen LogP contribution is -2.22. The van der Waals surface area contributed by atoms with E-state index in [0.717, 1.165) is 12.8 Å². The summed E-state index contributed by atoms with van der Waals surface area (Å²) in [6.45, 7) is 1.90. The lowest BCUT2D eigenvalue weighted by Gasteiger charge is -2.13. The number of carbonyl (C=O) groups is 2. The molecule has 2 rings (SSSR count). The summed E-state index contributed by atoms with van der Waals surface area (Å²) in [5.74, 6) is -0.594. The highest BCUT2D eigenvalue weighted by Crippen LogP contribution is 2.45. The van der Waals surface area contributed by atoms with E-state index in [2.05, 4.69) is 10.1 Å². The molecule has 1 aliphatic carbocycles. The van der Waals surface area contributed by atoms with Gasteiger partial charge in [0.2, 0.25) is 5.91 Å². The molecule has 0 radical (unpaired) electrons. The van der Waals surface area contributed by atoms with E-state index in [4.69, 9.17) is 11.6 Å². The number of hydrogen-bond acceptors (Lipinski definition) is 3. The highest BCUT2D eigenvalue weighted by Gasteiger charge is 2.45. The van der Waals surface area contributed by atoms with Gasteiger partial charge in [0.25, 0.3) is 0 Å². The molecule has 96 valence electrons. The summed E-state index contributed by atoms with van der Waals surface area (Å²) in [5, 5.41) is 3.18. The highest BCUT2D eigenvalue weighted by atomic mass is 35.5. The van der Waals surface area contributed by atoms with Gasteiger partial charge in [-0.25, -0.2) is 4.79 Å². The van der Waals surface area contributed by atoms with Crippen LogP contribution >= 0.6 is 11.6 Å². The smallest absolute Gasteiger partial charge is 0.340 e. The Labute approximate surface area is 110 Å². The number of hydrogen-bond donors (Lipinski definition) is 1. The normalized spacial score (nSPS) is 15.9. The third-order valence-corrected chi connectivity index (χ3v) is 3.42. The SMILES string of the molecule is COC(=O)c1cc(Cl)ccc1NC(=O)C1(C)CC1. The first-order valence-electron chi connectivity index (χ1n) is 5.65. The summed E-state index contributed by atoms with van der Waals surface area (Å²) in [7, 11) is 1.29. The van der Waals surface area contributed by atoms with E-state index >= 15 is 0 Å². The molecule has 0 aliphatic heterocycles. The standard InChI is InChI=1S/C13H14ClNO3/c1-13(5-6-13)12(17)15-10-4-3-8(14)7-9(10)11(16)18-2/h3-4,7H,5-6H2,1-2H3,(H,15,17). The van der Waals surface area contributed by atoms with Crippen molar-refractivity contribution >= 4 is 29.2 Å². The molecule has 1 aliphatic rings. The van der Waals surface area contributed by atoms with Gasteiger partial charge in [-0.3, -0.25) is 4.79 Å². The van der Waals surface area contributed by atoms with Gasteiger partial charge in [0, 0.05) is 10.4 Å². The van der Waals surface area contributed by atoms with Crippen molar-refractivity contribution in [2.24, 2.45) is 5.41 Å². The fraction of sp³-hybridized carbons (Fsp3) is 0.385. The van der Waals surface area contributed by atoms with Crippen LogP contribution in [0.1, 0.15) is 30.1 Å². The molecule has 1 N–H and O–H groups in total. The minimum Gasteiger partial charge on any atom is -0.465 e. The summed E-state index contributed by atoms with van der Waals surface area (Å²) in [6.07, 6.45) is 1.75. The largest absolute Gasteiger partial charge is 0.465 e. The van der Waals surface area contributed by atoms with Crippen molar-refractivity contribution in [1.82, 2.24) is 0 Å². The van der Waals surface area contributed by atoms with Crippen molar-refractivity contribution in [3.63, 3.8) is 0 Å². The van der Waals surface area contributed by atoms with Crippen molar-refractivity contribution in [3.05, 3.63) is 28.8 Å². The zero-order chi connectivity index (χ0) is 13.3. The predicted molar refractivity (Wildman–Crippen MR) is 68.8 cm³/mol. The van der Waals surface area contributed by atoms with Crippen LogP contribution < -0.4 is 5.32 Å². The monoisotopic (exact) mass is 267 g/mol. The van der Waals surface area contributed by atoms with E-state index in [1.807, 2.05) is 6.92 Å². The molecule has 0 spiro atoms. The Hall–Kier alpha value is -1.55. The highest BCUT2D eigenvalue weighted by molar-refractivity contribution is 6.31. The molecular weight excluding hydrogens is 254 g/mol. The molecule has 18 heavy (non-hydrogen) atoms. The number of ether oxygens (including phenoxy) is 1. The van der Waals surface area contributed by atoms with Gasteiger partial charge in [-0.1, -0.05) is 18.5 Å². The van der Waals surface area contributed by atoms with Crippen LogP contribution in [-0.2, 0) is 9.53 Å². The second-order valence-electron chi connectivity index (χ2n) is 4.70. The van der Waals surface area contributed by atoms with E-state index in [9.17, 15) is 9.59 Å². The van der Waals surface area contributed by atoms with Crippen LogP contribution in [0.3, 0.4) is 0 Å². The molecule has 0 heterocycles. The van der Waals surface area contributed by atoms with Crippen molar-refractivity contribution in [2.75, 3.05) is 12.4 Å². The maximum atomic E-state index is 11.9. The molecule has 1 aromatic carbocycles. The Kier molecular flexibility index (Phi) is 3.30. The predicted octanol–water partition coefficient (Wildman–Crippen LogP) is 2.87. The molecule has 1 aromatic rings. The van der Waals surface area contributed by atoms with Crippen LogP contribution in [0.25, 0.3) is 0 Å². The molecule has 0 unspecified atom stereocenters. The quantitative estimate of drug-likeness (QED) is 0.857. The number of methoxy groups -OCH3 is 1. The van der Waals surface area contributed by atoms with Crippen LogP contribution in [0, 0.1) is 5.41 Å². The minimum atomic E-state index is -0.520. The van der Waals surface area contributed by atoms with Crippen molar-refractivity contribution in [1.29, 1.82) is 0 Å². The van der Waals surface area contributed by atoms with Crippen molar-refractivity contribution < 1.29 is 14.3 Å². The molecular formula is C13H14ClNO3. The Morgan fingerprint density at radius 2 is 2.06 bits per heavy atom. The average Bonchev–Trinajstić information content (AvgIpc) is 3.10. The van der Waals surface area contributed by atoms with Crippen LogP contribution in [0.5, 0.6) is 0 Å². The zero-order valence-corrected chi connectivity index (χ0v) is 11.0. The van der Waals surface area contributed by atoms with Gasteiger partial charge in [-0.15, -0.1) is 0 Å². The van der Waals surface area contributed by atoms with Crippen LogP contribution in [0.4, 0.5) is 5.69 Å². The average molecular weight is 268 g/mol. The van der Waals surface area contributed by atoms with Gasteiger partial charge in [0.15, 0.2) is 0 Å². The van der Waals surface area contributed by atoms with E-state index in [-0.39, 0.29) is 16.9 Å². The van der Waals surface area contributed by atoms with E-state index in [1.54, 1.807) is 12.1 Å². The number of rotatable bonds is 3. The van der Waals surface area contributed by atoms with Crippen LogP contribution in [-0.4, -0.2) is 19.0 Å². The molecule has 0 aromatic heterocycles. The third kappa shape index (κ3) is 2.48. The van der Waals surface area contributed by atoms with Crippen molar-refractivity contribution in [3.8, 4) is 0 Å². The summed E-state index contributed by atoms with van der Waals surface area (Å²) in [5.41, 5.74) is 0.402. The lowest BCUT2D eigenvalue weighted by molar-refractivity contribution is -0.120. The molecule has 1 saturated carbocycles. The third-order valence-electron chi connectivity index (χ3n) is 3.18. The van der Waals surface area contributed by atoms with Crippen molar-refractivity contribution in [2.45, 2.75) is 19.8 Å². The molecule has 0 bridgehead atoms. The molecule has 1 amide bonds. The number of halogens is 1. The molecule has 4 nitrogen and oxygen atoms in total. The van der Waals surface area contributed by atoms with Gasteiger partial charge in [0.05, 0.1) is 18.4 Å². The van der Waals surface area contributed by atoms with Gasteiger partial charge >= 0.3 is 5.97 Å². The number of esters is 1. The Bertz CT molecular complexity index is 509. The summed E-state index contributed by atoms with van der Waals surface area (Å²) in [4.78, 5) is 23.5. The second kappa shape index (κ2) is 4.61. The Morgan fingerprint density at radius 3 is 2.61 bits per heavy atom. The fourth-order valence-electron chi connectivity index (χ4n) is 1.59. The van der Waals surface area contributed by atoms with Crippen LogP contribution in [0.15, 0.2) is 18.2 Å². The summed E-state index contributed by atoms with van der Waals surface area (Å²) >= 11 is 5.84. The Morgan fingerprint density at radius 1 is 1.39 bits per heavy atom. The summed E-state index contributed by atoms with van der Waals surface area (Å²) in [6, 6.07) is 4.72. The van der Waals surface area contributed by atoms with Crippen LogP contribution in [0.2, 0.25) is 5.02 Å². The number of carbonyl (C=O) groups excluding carboxylic acids is 2. The topological polar surface area (TPSA) is 55.4 Å². The molecule has 1 fully saturated rings. The summed E-state index contributed by atoms with van der Waals surface area (Å²) < 4.78 is 4.67. The first kappa shape index (κ1) is 12.9. The molecule has 5 heteroatoms. The number of anilines is 1. The minimum absolute atomic E-state index is 0.0741. The maximum Gasteiger partial charge on any atom is 0.340 e. The number of benzene rings is 1.